The number of methoxy groups -OCH3 is 1. The highest BCUT2D eigenvalue weighted by molar-refractivity contribution is 7.92. The first-order chi connectivity index (χ1) is 14.4. The number of anilines is 1. The van der Waals surface area contributed by atoms with E-state index >= 15 is 0 Å². The predicted octanol–water partition coefficient (Wildman–Crippen LogP) is 4.55. The van der Waals surface area contributed by atoms with Gasteiger partial charge in [0.05, 0.1) is 34.9 Å². The summed E-state index contributed by atoms with van der Waals surface area (Å²) >= 11 is 5.96. The Labute approximate surface area is 180 Å². The molecule has 3 rings (SSSR count). The molecule has 0 saturated heterocycles. The standard InChI is InChI=1S/C22H20ClNO5S/c1-28-22(25)20-15-19(10-11-21(20)23)30(26,27)24-17-8-5-9-18(14-17)29-13-12-16-6-3-2-4-7-16/h2-11,14-15,24H,12-13H2,1H3. The zero-order valence-corrected chi connectivity index (χ0v) is 17.7. The molecule has 0 unspecified atom stereocenters. The van der Waals surface area contributed by atoms with Crippen molar-refractivity contribution in [3.05, 3.63) is 88.9 Å². The molecule has 1 N–H and O–H groups in total. The lowest BCUT2D eigenvalue weighted by Crippen LogP contribution is -2.14. The predicted molar refractivity (Wildman–Crippen MR) is 116 cm³/mol. The lowest BCUT2D eigenvalue weighted by molar-refractivity contribution is 0.0600. The largest absolute Gasteiger partial charge is 0.493 e. The van der Waals surface area contributed by atoms with Gasteiger partial charge in [-0.3, -0.25) is 4.72 Å². The fraction of sp³-hybridized carbons (Fsp3) is 0.136. The Hall–Kier alpha value is -3.03. The van der Waals surface area contributed by atoms with Crippen LogP contribution in [0.15, 0.2) is 77.7 Å². The van der Waals surface area contributed by atoms with E-state index in [9.17, 15) is 13.2 Å². The molecule has 6 nitrogen and oxygen atoms in total. The monoisotopic (exact) mass is 445 g/mol. The second-order valence-corrected chi connectivity index (χ2v) is 8.44. The highest BCUT2D eigenvalue weighted by Crippen LogP contribution is 2.24. The van der Waals surface area contributed by atoms with Gasteiger partial charge >= 0.3 is 5.97 Å². The Morgan fingerprint density at radius 3 is 2.50 bits per heavy atom. The second-order valence-electron chi connectivity index (χ2n) is 6.35. The maximum atomic E-state index is 12.7. The fourth-order valence-electron chi connectivity index (χ4n) is 2.73. The van der Waals surface area contributed by atoms with Crippen LogP contribution in [0.4, 0.5) is 5.69 Å². The summed E-state index contributed by atoms with van der Waals surface area (Å²) in [6, 6.07) is 20.4. The number of hydrogen-bond donors (Lipinski definition) is 1. The summed E-state index contributed by atoms with van der Waals surface area (Å²) in [6.45, 7) is 0.458. The first kappa shape index (κ1) is 21.7. The Morgan fingerprint density at radius 2 is 1.77 bits per heavy atom. The van der Waals surface area contributed by atoms with Gasteiger partial charge in [-0.1, -0.05) is 48.0 Å². The van der Waals surface area contributed by atoms with E-state index in [0.29, 0.717) is 18.0 Å². The van der Waals surface area contributed by atoms with E-state index in [4.69, 9.17) is 16.3 Å². The van der Waals surface area contributed by atoms with Crippen molar-refractivity contribution in [3.63, 3.8) is 0 Å². The number of halogens is 1. The van der Waals surface area contributed by atoms with Gasteiger partial charge in [-0.05, 0) is 35.9 Å². The molecule has 3 aromatic carbocycles. The molecular weight excluding hydrogens is 426 g/mol. The number of benzene rings is 3. The van der Waals surface area contributed by atoms with Crippen molar-refractivity contribution in [2.75, 3.05) is 18.4 Å². The number of hydrogen-bond acceptors (Lipinski definition) is 5. The lowest BCUT2D eigenvalue weighted by Gasteiger charge is -2.12. The summed E-state index contributed by atoms with van der Waals surface area (Å²) in [7, 11) is -2.75. The quantitative estimate of drug-likeness (QED) is 0.514. The van der Waals surface area contributed by atoms with Gasteiger partial charge in [0, 0.05) is 12.5 Å². The Morgan fingerprint density at radius 1 is 1.00 bits per heavy atom. The zero-order valence-electron chi connectivity index (χ0n) is 16.2. The molecule has 30 heavy (non-hydrogen) atoms. The summed E-state index contributed by atoms with van der Waals surface area (Å²) in [5.41, 5.74) is 1.46. The van der Waals surface area contributed by atoms with Crippen molar-refractivity contribution in [1.29, 1.82) is 0 Å². The summed E-state index contributed by atoms with van der Waals surface area (Å²) < 4.78 is 38.3. The number of carbonyl (C=O) groups is 1. The van der Waals surface area contributed by atoms with Crippen LogP contribution in [0.3, 0.4) is 0 Å². The lowest BCUT2D eigenvalue weighted by atomic mass is 10.2. The third kappa shape index (κ3) is 5.52. The normalized spacial score (nSPS) is 11.0. The minimum absolute atomic E-state index is 0.0277. The van der Waals surface area contributed by atoms with E-state index in [2.05, 4.69) is 9.46 Å². The molecule has 0 amide bonds. The summed E-state index contributed by atoms with van der Waals surface area (Å²) in [5.74, 6) is -0.177. The highest BCUT2D eigenvalue weighted by Gasteiger charge is 2.19. The van der Waals surface area contributed by atoms with Crippen LogP contribution in [0.2, 0.25) is 5.02 Å². The van der Waals surface area contributed by atoms with E-state index in [1.807, 2.05) is 30.3 Å². The number of ether oxygens (including phenoxy) is 2. The molecule has 0 bridgehead atoms. The fourth-order valence-corrected chi connectivity index (χ4v) is 4.00. The third-order valence-electron chi connectivity index (χ3n) is 4.24. The molecule has 0 atom stereocenters. The maximum absolute atomic E-state index is 12.7. The molecule has 156 valence electrons. The Bertz CT molecular complexity index is 1130. The molecule has 0 aliphatic rings. The molecule has 0 spiro atoms. The molecule has 8 heteroatoms. The van der Waals surface area contributed by atoms with Crippen molar-refractivity contribution >= 4 is 33.3 Å². The first-order valence-corrected chi connectivity index (χ1v) is 10.9. The van der Waals surface area contributed by atoms with Crippen molar-refractivity contribution in [2.45, 2.75) is 11.3 Å². The summed E-state index contributed by atoms with van der Waals surface area (Å²) in [5, 5.41) is 0.106. The van der Waals surface area contributed by atoms with Gasteiger partial charge in [-0.2, -0.15) is 0 Å². The Kier molecular flexibility index (Phi) is 6.97. The van der Waals surface area contributed by atoms with Crippen molar-refractivity contribution in [1.82, 2.24) is 0 Å². The van der Waals surface area contributed by atoms with Gasteiger partial charge in [-0.25, -0.2) is 13.2 Å². The molecule has 0 saturated carbocycles. The van der Waals surface area contributed by atoms with Crippen LogP contribution in [0.1, 0.15) is 15.9 Å². The zero-order chi connectivity index (χ0) is 21.6. The summed E-state index contributed by atoms with van der Waals surface area (Å²) in [6.07, 6.45) is 0.734. The molecule has 0 radical (unpaired) electrons. The van der Waals surface area contributed by atoms with E-state index in [-0.39, 0.29) is 15.5 Å². The van der Waals surface area contributed by atoms with Gasteiger partial charge in [0.15, 0.2) is 0 Å². The van der Waals surface area contributed by atoms with E-state index in [1.54, 1.807) is 24.3 Å². The number of sulfonamides is 1. The van der Waals surface area contributed by atoms with Gasteiger partial charge in [0.2, 0.25) is 0 Å². The highest BCUT2D eigenvalue weighted by atomic mass is 35.5. The van der Waals surface area contributed by atoms with Crippen LogP contribution in [-0.2, 0) is 21.2 Å². The van der Waals surface area contributed by atoms with E-state index in [0.717, 1.165) is 12.0 Å². The molecule has 0 fully saturated rings. The van der Waals surface area contributed by atoms with Crippen LogP contribution in [0, 0.1) is 0 Å². The van der Waals surface area contributed by atoms with Gasteiger partial charge in [0.25, 0.3) is 10.0 Å². The molecule has 0 aliphatic heterocycles. The van der Waals surface area contributed by atoms with Crippen LogP contribution < -0.4 is 9.46 Å². The average molecular weight is 446 g/mol. The van der Waals surface area contributed by atoms with Crippen molar-refractivity contribution in [3.8, 4) is 5.75 Å². The van der Waals surface area contributed by atoms with E-state index < -0.39 is 16.0 Å². The van der Waals surface area contributed by atoms with Crippen molar-refractivity contribution in [2.24, 2.45) is 0 Å². The third-order valence-corrected chi connectivity index (χ3v) is 5.95. The summed E-state index contributed by atoms with van der Waals surface area (Å²) in [4.78, 5) is 11.7. The number of esters is 1. The van der Waals surface area contributed by atoms with Gasteiger partial charge in [-0.15, -0.1) is 0 Å². The van der Waals surface area contributed by atoms with Crippen LogP contribution in [0.5, 0.6) is 5.75 Å². The van der Waals surface area contributed by atoms with Crippen molar-refractivity contribution < 1.29 is 22.7 Å². The molecular formula is C22H20ClNO5S. The topological polar surface area (TPSA) is 81.7 Å². The molecule has 3 aromatic rings. The van der Waals surface area contributed by atoms with Crippen LogP contribution >= 0.6 is 11.6 Å². The smallest absolute Gasteiger partial charge is 0.339 e. The van der Waals surface area contributed by atoms with Crippen LogP contribution in [0.25, 0.3) is 0 Å². The number of nitrogens with one attached hydrogen (secondary N) is 1. The minimum atomic E-state index is -3.95. The molecule has 0 heterocycles. The van der Waals surface area contributed by atoms with E-state index in [1.165, 1.54) is 25.3 Å². The molecule has 0 aliphatic carbocycles. The number of carbonyl (C=O) groups excluding carboxylic acids is 1. The molecule has 0 aromatic heterocycles. The second kappa shape index (κ2) is 9.65. The minimum Gasteiger partial charge on any atom is -0.493 e. The number of rotatable bonds is 8. The maximum Gasteiger partial charge on any atom is 0.339 e. The van der Waals surface area contributed by atoms with Crippen LogP contribution in [-0.4, -0.2) is 28.1 Å². The van der Waals surface area contributed by atoms with Gasteiger partial charge < -0.3 is 9.47 Å². The Balaban J connectivity index is 1.71. The first-order valence-electron chi connectivity index (χ1n) is 9.06. The SMILES string of the molecule is COC(=O)c1cc(S(=O)(=O)Nc2cccc(OCCc3ccccc3)c2)ccc1Cl. The van der Waals surface area contributed by atoms with Gasteiger partial charge in [0.1, 0.15) is 5.75 Å². The average Bonchev–Trinajstić information content (AvgIpc) is 2.74.